The molecule has 0 unspecified atom stereocenters. The summed E-state index contributed by atoms with van der Waals surface area (Å²) in [5.74, 6) is 1.19. The van der Waals surface area contributed by atoms with Crippen molar-refractivity contribution in [2.45, 2.75) is 6.92 Å². The van der Waals surface area contributed by atoms with E-state index in [1.807, 2.05) is 49.4 Å². The van der Waals surface area contributed by atoms with E-state index in [0.29, 0.717) is 44.6 Å². The van der Waals surface area contributed by atoms with Gasteiger partial charge in [-0.1, -0.05) is 35.3 Å². The van der Waals surface area contributed by atoms with Crippen LogP contribution in [0.3, 0.4) is 0 Å². The van der Waals surface area contributed by atoms with E-state index in [9.17, 15) is 4.79 Å². The van der Waals surface area contributed by atoms with Gasteiger partial charge in [-0.15, -0.1) is 0 Å². The van der Waals surface area contributed by atoms with Crippen LogP contribution in [0.5, 0.6) is 5.75 Å². The number of hydrogen-bond acceptors (Lipinski definition) is 3. The van der Waals surface area contributed by atoms with Crippen molar-refractivity contribution in [1.29, 1.82) is 0 Å². The molecule has 0 N–H and O–H groups in total. The summed E-state index contributed by atoms with van der Waals surface area (Å²) in [6, 6.07) is 19.7. The van der Waals surface area contributed by atoms with Crippen molar-refractivity contribution in [2.24, 2.45) is 0 Å². The number of hydrogen-bond donors (Lipinski definition) is 0. The molecule has 3 aromatic carbocycles. The minimum atomic E-state index is -0.171. The second kappa shape index (κ2) is 7.66. The van der Waals surface area contributed by atoms with Crippen LogP contribution in [-0.2, 0) is 0 Å². The number of halogens is 2. The van der Waals surface area contributed by atoms with E-state index in [-0.39, 0.29) is 5.56 Å². The Morgan fingerprint density at radius 2 is 1.75 bits per heavy atom. The van der Waals surface area contributed by atoms with Gasteiger partial charge in [0.2, 0.25) is 0 Å². The van der Waals surface area contributed by atoms with E-state index in [1.165, 1.54) is 0 Å². The van der Waals surface area contributed by atoms with Crippen molar-refractivity contribution >= 4 is 34.1 Å². The van der Waals surface area contributed by atoms with E-state index in [2.05, 4.69) is 0 Å². The topological polar surface area (TPSA) is 44.1 Å². The van der Waals surface area contributed by atoms with Crippen LogP contribution in [0.15, 0.2) is 71.5 Å². The Morgan fingerprint density at radius 1 is 1.00 bits per heavy atom. The van der Waals surface area contributed by atoms with Gasteiger partial charge in [0, 0.05) is 10.6 Å². The molecule has 140 valence electrons. The maximum Gasteiger partial charge on any atom is 0.266 e. The molecule has 0 radical (unpaired) electrons. The quantitative estimate of drug-likeness (QED) is 0.429. The first-order valence-corrected chi connectivity index (χ1v) is 9.54. The van der Waals surface area contributed by atoms with E-state index in [4.69, 9.17) is 32.9 Å². The Labute approximate surface area is 171 Å². The van der Waals surface area contributed by atoms with Gasteiger partial charge in [0.1, 0.15) is 11.6 Å². The molecule has 0 aliphatic rings. The monoisotopic (exact) mass is 410 g/mol. The number of fused-ring (bicyclic) bond motifs is 1. The molecule has 0 spiro atoms. The standard InChI is InChI=1S/C22H16Cl2N2O2/c1-2-28-16-10-8-15(9-11-16)26-21(17-12-7-14(23)13-19(17)24)25-20-6-4-3-5-18(20)22(26)27/h3-13H,2H2,1H3. The first kappa shape index (κ1) is 18.5. The summed E-state index contributed by atoms with van der Waals surface area (Å²) in [4.78, 5) is 18.1. The SMILES string of the molecule is CCOc1ccc(-n2c(-c3ccc(Cl)cc3Cl)nc3ccccc3c2=O)cc1. The van der Waals surface area contributed by atoms with Crippen LogP contribution in [0.2, 0.25) is 10.0 Å². The van der Waals surface area contributed by atoms with Crippen LogP contribution in [0.25, 0.3) is 28.0 Å². The Kier molecular flexibility index (Phi) is 5.07. The molecule has 0 saturated heterocycles. The summed E-state index contributed by atoms with van der Waals surface area (Å²) >= 11 is 12.5. The van der Waals surface area contributed by atoms with E-state index >= 15 is 0 Å². The van der Waals surface area contributed by atoms with Gasteiger partial charge in [-0.25, -0.2) is 4.98 Å². The summed E-state index contributed by atoms with van der Waals surface area (Å²) in [7, 11) is 0. The van der Waals surface area contributed by atoms with Gasteiger partial charge in [0.15, 0.2) is 0 Å². The maximum atomic E-state index is 13.3. The zero-order valence-electron chi connectivity index (χ0n) is 15.0. The fourth-order valence-electron chi connectivity index (χ4n) is 3.08. The highest BCUT2D eigenvalue weighted by Gasteiger charge is 2.17. The Morgan fingerprint density at radius 3 is 2.46 bits per heavy atom. The summed E-state index contributed by atoms with van der Waals surface area (Å²) in [6.45, 7) is 2.49. The van der Waals surface area contributed by atoms with Gasteiger partial charge < -0.3 is 4.74 Å². The molecule has 0 aliphatic carbocycles. The molecule has 0 fully saturated rings. The first-order valence-electron chi connectivity index (χ1n) is 8.79. The molecule has 1 aromatic heterocycles. The fourth-order valence-corrected chi connectivity index (χ4v) is 3.57. The number of benzene rings is 3. The third-order valence-corrected chi connectivity index (χ3v) is 4.90. The van der Waals surface area contributed by atoms with Crippen LogP contribution in [0.4, 0.5) is 0 Å². The van der Waals surface area contributed by atoms with Gasteiger partial charge in [-0.3, -0.25) is 9.36 Å². The molecule has 0 amide bonds. The number of ether oxygens (including phenoxy) is 1. The molecule has 28 heavy (non-hydrogen) atoms. The lowest BCUT2D eigenvalue weighted by Crippen LogP contribution is -2.22. The lowest BCUT2D eigenvalue weighted by atomic mass is 10.1. The molecule has 0 atom stereocenters. The van der Waals surface area contributed by atoms with Crippen LogP contribution in [-0.4, -0.2) is 16.2 Å². The molecular weight excluding hydrogens is 395 g/mol. The second-order valence-electron chi connectivity index (χ2n) is 6.14. The van der Waals surface area contributed by atoms with Gasteiger partial charge in [0.25, 0.3) is 5.56 Å². The van der Waals surface area contributed by atoms with Crippen molar-refractivity contribution in [2.75, 3.05) is 6.61 Å². The average Bonchev–Trinajstić information content (AvgIpc) is 2.69. The van der Waals surface area contributed by atoms with Crippen molar-refractivity contribution < 1.29 is 4.74 Å². The number of para-hydroxylation sites is 1. The summed E-state index contributed by atoms with van der Waals surface area (Å²) in [5, 5.41) is 1.48. The minimum absolute atomic E-state index is 0.171. The summed E-state index contributed by atoms with van der Waals surface area (Å²) < 4.78 is 7.07. The van der Waals surface area contributed by atoms with Crippen molar-refractivity contribution in [3.05, 3.63) is 87.1 Å². The van der Waals surface area contributed by atoms with Crippen molar-refractivity contribution in [3.8, 4) is 22.8 Å². The highest BCUT2D eigenvalue weighted by atomic mass is 35.5. The molecule has 4 rings (SSSR count). The number of nitrogens with zero attached hydrogens (tertiary/aromatic N) is 2. The predicted octanol–water partition coefficient (Wildman–Crippen LogP) is 5.76. The fraction of sp³-hybridized carbons (Fsp3) is 0.0909. The average molecular weight is 411 g/mol. The smallest absolute Gasteiger partial charge is 0.266 e. The molecule has 0 bridgehead atoms. The Hall–Kier alpha value is -2.82. The number of aromatic nitrogens is 2. The minimum Gasteiger partial charge on any atom is -0.494 e. The molecular formula is C22H16Cl2N2O2. The Balaban J connectivity index is 2.02. The van der Waals surface area contributed by atoms with Crippen LogP contribution < -0.4 is 10.3 Å². The molecule has 1 heterocycles. The van der Waals surface area contributed by atoms with E-state index in [1.54, 1.807) is 28.8 Å². The van der Waals surface area contributed by atoms with Crippen LogP contribution in [0.1, 0.15) is 6.92 Å². The highest BCUT2D eigenvalue weighted by molar-refractivity contribution is 6.36. The maximum absolute atomic E-state index is 13.3. The van der Waals surface area contributed by atoms with E-state index < -0.39 is 0 Å². The molecule has 6 heteroatoms. The van der Waals surface area contributed by atoms with Crippen molar-refractivity contribution in [3.63, 3.8) is 0 Å². The normalized spacial score (nSPS) is 11.0. The van der Waals surface area contributed by atoms with Gasteiger partial charge in [-0.05, 0) is 61.5 Å². The van der Waals surface area contributed by atoms with E-state index in [0.717, 1.165) is 5.75 Å². The lowest BCUT2D eigenvalue weighted by molar-refractivity contribution is 0.340. The van der Waals surface area contributed by atoms with Gasteiger partial charge in [0.05, 0.1) is 28.2 Å². The number of rotatable bonds is 4. The molecule has 0 saturated carbocycles. The zero-order chi connectivity index (χ0) is 19.7. The van der Waals surface area contributed by atoms with Crippen molar-refractivity contribution in [1.82, 2.24) is 9.55 Å². The second-order valence-corrected chi connectivity index (χ2v) is 6.99. The largest absolute Gasteiger partial charge is 0.494 e. The first-order chi connectivity index (χ1) is 13.6. The van der Waals surface area contributed by atoms with Crippen LogP contribution in [0, 0.1) is 0 Å². The summed E-state index contributed by atoms with van der Waals surface area (Å²) in [5.41, 5.74) is 1.74. The summed E-state index contributed by atoms with van der Waals surface area (Å²) in [6.07, 6.45) is 0. The molecule has 4 aromatic rings. The Bertz CT molecular complexity index is 1220. The van der Waals surface area contributed by atoms with Crippen LogP contribution >= 0.6 is 23.2 Å². The third-order valence-electron chi connectivity index (χ3n) is 4.35. The third kappa shape index (κ3) is 3.37. The molecule has 4 nitrogen and oxygen atoms in total. The zero-order valence-corrected chi connectivity index (χ0v) is 16.5. The van der Waals surface area contributed by atoms with Gasteiger partial charge >= 0.3 is 0 Å². The predicted molar refractivity (Wildman–Crippen MR) is 114 cm³/mol. The lowest BCUT2D eigenvalue weighted by Gasteiger charge is -2.15. The highest BCUT2D eigenvalue weighted by Crippen LogP contribution is 2.31. The molecule has 0 aliphatic heterocycles. The van der Waals surface area contributed by atoms with Gasteiger partial charge in [-0.2, -0.15) is 0 Å².